The van der Waals surface area contributed by atoms with Gasteiger partial charge in [-0.15, -0.1) is 0 Å². The Balaban J connectivity index is 2.47. The largest absolute Gasteiger partial charge is 0.497 e. The average Bonchev–Trinajstić information content (AvgIpc) is 2.38. The van der Waals surface area contributed by atoms with Crippen molar-refractivity contribution in [3.63, 3.8) is 0 Å². The van der Waals surface area contributed by atoms with Gasteiger partial charge in [0.2, 0.25) is 0 Å². The van der Waals surface area contributed by atoms with E-state index in [0.717, 1.165) is 10.2 Å². The zero-order valence-corrected chi connectivity index (χ0v) is 11.0. The van der Waals surface area contributed by atoms with Crippen molar-refractivity contribution in [3.05, 3.63) is 53.0 Å². The molecular formula is C15H11BrO. The van der Waals surface area contributed by atoms with E-state index in [2.05, 4.69) is 58.4 Å². The molecule has 84 valence electrons. The summed E-state index contributed by atoms with van der Waals surface area (Å²) < 4.78 is 6.39. The smallest absolute Gasteiger partial charge is 0.119 e. The number of hydrogen-bond acceptors (Lipinski definition) is 1. The van der Waals surface area contributed by atoms with Gasteiger partial charge in [0.25, 0.3) is 0 Å². The van der Waals surface area contributed by atoms with Crippen LogP contribution in [0.2, 0.25) is 0 Å². The highest BCUT2D eigenvalue weighted by atomic mass is 79.9. The fourth-order valence-electron chi connectivity index (χ4n) is 2.13. The number of halogens is 1. The third kappa shape index (κ3) is 1.79. The van der Waals surface area contributed by atoms with E-state index in [0.29, 0.717) is 0 Å². The van der Waals surface area contributed by atoms with Crippen LogP contribution in [-0.4, -0.2) is 7.11 Å². The first kappa shape index (κ1) is 10.6. The molecule has 0 aliphatic carbocycles. The molecule has 0 radical (unpaired) electrons. The van der Waals surface area contributed by atoms with Crippen LogP contribution >= 0.6 is 15.9 Å². The van der Waals surface area contributed by atoms with Crippen LogP contribution in [0.15, 0.2) is 53.0 Å². The maximum absolute atomic E-state index is 5.29. The third-order valence-corrected chi connectivity index (χ3v) is 3.50. The zero-order valence-electron chi connectivity index (χ0n) is 9.41. The highest BCUT2D eigenvalue weighted by Crippen LogP contribution is 2.30. The highest BCUT2D eigenvalue weighted by Gasteiger charge is 2.02. The van der Waals surface area contributed by atoms with Gasteiger partial charge < -0.3 is 4.74 Å². The Bertz CT molecular complexity index is 704. The summed E-state index contributed by atoms with van der Waals surface area (Å²) in [5, 5.41) is 4.95. The van der Waals surface area contributed by atoms with Gasteiger partial charge in [-0.25, -0.2) is 0 Å². The van der Waals surface area contributed by atoms with Crippen molar-refractivity contribution in [2.45, 2.75) is 0 Å². The van der Waals surface area contributed by atoms with E-state index in [1.54, 1.807) is 7.11 Å². The van der Waals surface area contributed by atoms with Crippen LogP contribution in [0, 0.1) is 0 Å². The summed E-state index contributed by atoms with van der Waals surface area (Å²) in [6.07, 6.45) is 0. The van der Waals surface area contributed by atoms with Crippen LogP contribution in [0.25, 0.3) is 21.5 Å². The first-order chi connectivity index (χ1) is 8.28. The molecule has 0 bridgehead atoms. The predicted molar refractivity (Wildman–Crippen MR) is 75.7 cm³/mol. The van der Waals surface area contributed by atoms with E-state index in [1.165, 1.54) is 21.5 Å². The maximum atomic E-state index is 5.29. The summed E-state index contributed by atoms with van der Waals surface area (Å²) >= 11 is 3.52. The van der Waals surface area contributed by atoms with Crippen molar-refractivity contribution < 1.29 is 4.74 Å². The standard InChI is InChI=1S/C15H11BrO/c1-17-13-7-5-11-3-2-10-4-6-12(16)8-14(10)15(11)9-13/h2-9H,1H3. The second kappa shape index (κ2) is 4.04. The molecule has 0 heterocycles. The molecule has 0 atom stereocenters. The topological polar surface area (TPSA) is 9.23 Å². The molecule has 3 rings (SSSR count). The quantitative estimate of drug-likeness (QED) is 0.586. The molecule has 0 unspecified atom stereocenters. The van der Waals surface area contributed by atoms with Gasteiger partial charge in [-0.3, -0.25) is 0 Å². The molecule has 0 spiro atoms. The fraction of sp³-hybridized carbons (Fsp3) is 0.0667. The first-order valence-corrected chi connectivity index (χ1v) is 6.23. The van der Waals surface area contributed by atoms with Crippen LogP contribution in [0.1, 0.15) is 0 Å². The van der Waals surface area contributed by atoms with Gasteiger partial charge in [-0.2, -0.15) is 0 Å². The van der Waals surface area contributed by atoms with Gasteiger partial charge in [-0.05, 0) is 45.8 Å². The van der Waals surface area contributed by atoms with Crippen molar-refractivity contribution in [2.75, 3.05) is 7.11 Å². The van der Waals surface area contributed by atoms with E-state index in [9.17, 15) is 0 Å². The summed E-state index contributed by atoms with van der Waals surface area (Å²) in [6.45, 7) is 0. The number of methoxy groups -OCH3 is 1. The normalized spacial score (nSPS) is 10.9. The van der Waals surface area contributed by atoms with Gasteiger partial charge in [-0.1, -0.05) is 40.2 Å². The molecular weight excluding hydrogens is 276 g/mol. The summed E-state index contributed by atoms with van der Waals surface area (Å²) in [6, 6.07) is 16.8. The van der Waals surface area contributed by atoms with E-state index in [4.69, 9.17) is 4.74 Å². The fourth-order valence-corrected chi connectivity index (χ4v) is 2.49. The lowest BCUT2D eigenvalue weighted by molar-refractivity contribution is 0.415. The van der Waals surface area contributed by atoms with Crippen molar-refractivity contribution in [2.24, 2.45) is 0 Å². The molecule has 3 aromatic rings. The molecule has 0 fully saturated rings. The highest BCUT2D eigenvalue weighted by molar-refractivity contribution is 9.10. The monoisotopic (exact) mass is 286 g/mol. The van der Waals surface area contributed by atoms with Gasteiger partial charge in [0.1, 0.15) is 5.75 Å². The van der Waals surface area contributed by atoms with Crippen LogP contribution < -0.4 is 4.74 Å². The maximum Gasteiger partial charge on any atom is 0.119 e. The molecule has 0 N–H and O–H groups in total. The van der Waals surface area contributed by atoms with Crippen molar-refractivity contribution in [3.8, 4) is 5.75 Å². The average molecular weight is 287 g/mol. The summed E-state index contributed by atoms with van der Waals surface area (Å²) in [5.74, 6) is 0.893. The van der Waals surface area contributed by atoms with Gasteiger partial charge in [0.05, 0.1) is 7.11 Å². The Hall–Kier alpha value is -1.54. The second-order valence-corrected chi connectivity index (χ2v) is 4.93. The summed E-state index contributed by atoms with van der Waals surface area (Å²) in [5.41, 5.74) is 0. The van der Waals surface area contributed by atoms with Crippen molar-refractivity contribution in [1.82, 2.24) is 0 Å². The molecule has 17 heavy (non-hydrogen) atoms. The molecule has 0 saturated heterocycles. The van der Waals surface area contributed by atoms with Crippen LogP contribution in [0.4, 0.5) is 0 Å². The summed E-state index contributed by atoms with van der Waals surface area (Å²) in [4.78, 5) is 0. The van der Waals surface area contributed by atoms with E-state index >= 15 is 0 Å². The number of ether oxygens (including phenoxy) is 1. The Kier molecular flexibility index (Phi) is 2.52. The Morgan fingerprint density at radius 1 is 0.824 bits per heavy atom. The minimum Gasteiger partial charge on any atom is -0.497 e. The van der Waals surface area contributed by atoms with E-state index in [1.807, 2.05) is 6.07 Å². The number of fused-ring (bicyclic) bond motifs is 3. The van der Waals surface area contributed by atoms with E-state index < -0.39 is 0 Å². The number of rotatable bonds is 1. The van der Waals surface area contributed by atoms with Crippen molar-refractivity contribution in [1.29, 1.82) is 0 Å². The molecule has 0 aliphatic rings. The Morgan fingerprint density at radius 3 is 2.12 bits per heavy atom. The van der Waals surface area contributed by atoms with Crippen molar-refractivity contribution >= 4 is 37.5 Å². The van der Waals surface area contributed by atoms with Gasteiger partial charge in [0.15, 0.2) is 0 Å². The SMILES string of the molecule is COc1ccc2ccc3ccc(Br)cc3c2c1. The molecule has 0 aromatic heterocycles. The zero-order chi connectivity index (χ0) is 11.8. The predicted octanol–water partition coefficient (Wildman–Crippen LogP) is 4.76. The van der Waals surface area contributed by atoms with Crippen LogP contribution in [0.5, 0.6) is 5.75 Å². The molecule has 2 heteroatoms. The van der Waals surface area contributed by atoms with E-state index in [-0.39, 0.29) is 0 Å². The molecule has 1 nitrogen and oxygen atoms in total. The minimum atomic E-state index is 0.893. The third-order valence-electron chi connectivity index (χ3n) is 3.01. The second-order valence-electron chi connectivity index (χ2n) is 4.02. The molecule has 0 amide bonds. The number of hydrogen-bond donors (Lipinski definition) is 0. The lowest BCUT2D eigenvalue weighted by Crippen LogP contribution is -1.83. The lowest BCUT2D eigenvalue weighted by atomic mass is 10.0. The summed E-state index contributed by atoms with van der Waals surface area (Å²) in [7, 11) is 1.70. The van der Waals surface area contributed by atoms with Gasteiger partial charge >= 0.3 is 0 Å². The Labute approximate surface area is 108 Å². The molecule has 3 aromatic carbocycles. The first-order valence-electron chi connectivity index (χ1n) is 5.44. The lowest BCUT2D eigenvalue weighted by Gasteiger charge is -2.06. The van der Waals surface area contributed by atoms with Gasteiger partial charge in [0, 0.05) is 4.47 Å². The molecule has 0 saturated carbocycles. The Morgan fingerprint density at radius 2 is 1.41 bits per heavy atom. The van der Waals surface area contributed by atoms with Crippen LogP contribution in [-0.2, 0) is 0 Å². The molecule has 0 aliphatic heterocycles. The van der Waals surface area contributed by atoms with Crippen LogP contribution in [0.3, 0.4) is 0 Å². The minimum absolute atomic E-state index is 0.893. The number of benzene rings is 3.